The topological polar surface area (TPSA) is 84.8 Å². The smallest absolute Gasteiger partial charge is 0.221 e. The summed E-state index contributed by atoms with van der Waals surface area (Å²) in [6.45, 7) is 2.59. The molecule has 1 amide bonds. The van der Waals surface area contributed by atoms with Gasteiger partial charge in [-0.1, -0.05) is 0 Å². The minimum atomic E-state index is -0.500. The maximum atomic E-state index is 11.3. The van der Waals surface area contributed by atoms with E-state index >= 15 is 0 Å². The van der Waals surface area contributed by atoms with Crippen molar-refractivity contribution < 1.29 is 15.0 Å². The van der Waals surface area contributed by atoms with E-state index < -0.39 is 6.23 Å². The predicted octanol–water partition coefficient (Wildman–Crippen LogP) is -0.485. The number of aliphatic hydroxyl groups is 2. The molecule has 0 aromatic rings. The van der Waals surface area contributed by atoms with Gasteiger partial charge >= 0.3 is 0 Å². The Balaban J connectivity index is 3.95. The Hall–Kier alpha value is -0.690. The van der Waals surface area contributed by atoms with E-state index in [4.69, 9.17) is 5.11 Å². The van der Waals surface area contributed by atoms with Crippen LogP contribution in [-0.4, -0.2) is 67.6 Å². The van der Waals surface area contributed by atoms with Crippen molar-refractivity contribution in [1.29, 1.82) is 0 Å². The second-order valence-corrected chi connectivity index (χ2v) is 4.64. The van der Waals surface area contributed by atoms with E-state index in [0.717, 1.165) is 32.4 Å². The quantitative estimate of drug-likeness (QED) is 0.285. The number of unbranched alkanes of at least 4 members (excludes halogenated alkanes) is 2. The highest BCUT2D eigenvalue weighted by Gasteiger charge is 2.09. The summed E-state index contributed by atoms with van der Waals surface area (Å²) < 4.78 is 0. The molecule has 114 valence electrons. The molecule has 6 nitrogen and oxygen atoms in total. The fourth-order valence-electron chi connectivity index (χ4n) is 1.79. The fraction of sp³-hybridized carbons (Fsp3) is 0.923. The van der Waals surface area contributed by atoms with E-state index in [-0.39, 0.29) is 12.5 Å². The minimum absolute atomic E-state index is 0.0366. The van der Waals surface area contributed by atoms with E-state index in [9.17, 15) is 9.90 Å². The van der Waals surface area contributed by atoms with Gasteiger partial charge in [-0.2, -0.15) is 0 Å². The zero-order valence-electron chi connectivity index (χ0n) is 12.2. The largest absolute Gasteiger partial charge is 0.396 e. The lowest BCUT2D eigenvalue weighted by molar-refractivity contribution is -0.120. The minimum Gasteiger partial charge on any atom is -0.396 e. The first kappa shape index (κ1) is 18.3. The third-order valence-corrected chi connectivity index (χ3v) is 3.12. The number of nitrogens with one attached hydrogen (secondary N) is 2. The molecular weight excluding hydrogens is 246 g/mol. The van der Waals surface area contributed by atoms with Gasteiger partial charge in [0.1, 0.15) is 6.23 Å². The van der Waals surface area contributed by atoms with Gasteiger partial charge < -0.3 is 20.4 Å². The molecule has 1 unspecified atom stereocenters. The molecule has 19 heavy (non-hydrogen) atoms. The summed E-state index contributed by atoms with van der Waals surface area (Å²) >= 11 is 0. The number of hydrogen-bond acceptors (Lipinski definition) is 5. The van der Waals surface area contributed by atoms with Gasteiger partial charge in [0.2, 0.25) is 5.91 Å². The molecule has 0 aliphatic rings. The molecule has 0 bridgehead atoms. The summed E-state index contributed by atoms with van der Waals surface area (Å²) in [5.41, 5.74) is 0. The lowest BCUT2D eigenvalue weighted by Gasteiger charge is -2.23. The van der Waals surface area contributed by atoms with Crippen LogP contribution in [0.4, 0.5) is 0 Å². The van der Waals surface area contributed by atoms with Crippen molar-refractivity contribution in [2.24, 2.45) is 0 Å². The molecular formula is C13H29N3O3. The third kappa shape index (κ3) is 10.9. The van der Waals surface area contributed by atoms with Crippen LogP contribution < -0.4 is 10.6 Å². The highest BCUT2D eigenvalue weighted by atomic mass is 16.3. The first-order chi connectivity index (χ1) is 9.13. The molecule has 0 aliphatic heterocycles. The van der Waals surface area contributed by atoms with Crippen LogP contribution in [-0.2, 0) is 4.79 Å². The van der Waals surface area contributed by atoms with Gasteiger partial charge in [0, 0.05) is 33.2 Å². The van der Waals surface area contributed by atoms with E-state index in [1.807, 2.05) is 0 Å². The van der Waals surface area contributed by atoms with Crippen LogP contribution in [0.15, 0.2) is 0 Å². The lowest BCUT2D eigenvalue weighted by Crippen LogP contribution is -2.35. The molecule has 0 rings (SSSR count). The third-order valence-electron chi connectivity index (χ3n) is 3.12. The van der Waals surface area contributed by atoms with Gasteiger partial charge in [0.25, 0.3) is 0 Å². The predicted molar refractivity (Wildman–Crippen MR) is 75.7 cm³/mol. The zero-order chi connectivity index (χ0) is 14.5. The molecule has 0 aromatic heterocycles. The molecule has 6 heteroatoms. The Labute approximate surface area is 116 Å². The van der Waals surface area contributed by atoms with Gasteiger partial charge in [0.15, 0.2) is 0 Å². The highest BCUT2D eigenvalue weighted by Crippen LogP contribution is 2.02. The van der Waals surface area contributed by atoms with E-state index in [2.05, 4.69) is 15.5 Å². The van der Waals surface area contributed by atoms with E-state index in [1.54, 1.807) is 14.1 Å². The normalized spacial score (nSPS) is 12.7. The van der Waals surface area contributed by atoms with Crippen LogP contribution in [0, 0.1) is 0 Å². The molecule has 0 radical (unpaired) electrons. The summed E-state index contributed by atoms with van der Waals surface area (Å²) in [5.74, 6) is 0.0366. The monoisotopic (exact) mass is 275 g/mol. The van der Waals surface area contributed by atoms with Gasteiger partial charge in [-0.05, 0) is 39.3 Å². The molecule has 0 saturated heterocycles. The van der Waals surface area contributed by atoms with Gasteiger partial charge in [-0.15, -0.1) is 0 Å². The molecule has 4 N–H and O–H groups in total. The number of rotatable bonds is 12. The van der Waals surface area contributed by atoms with Crippen LogP contribution in [0.2, 0.25) is 0 Å². The van der Waals surface area contributed by atoms with Crippen molar-refractivity contribution in [3.05, 3.63) is 0 Å². The molecule has 0 spiro atoms. The molecule has 0 fully saturated rings. The number of aliphatic hydroxyl groups excluding tert-OH is 2. The fourth-order valence-corrected chi connectivity index (χ4v) is 1.79. The Kier molecular flexibility index (Phi) is 11.9. The van der Waals surface area contributed by atoms with Crippen LogP contribution >= 0.6 is 0 Å². The summed E-state index contributed by atoms with van der Waals surface area (Å²) in [6, 6.07) is 0. The van der Waals surface area contributed by atoms with Crippen LogP contribution in [0.25, 0.3) is 0 Å². The van der Waals surface area contributed by atoms with Crippen LogP contribution in [0.3, 0.4) is 0 Å². The SMILES string of the molecule is CNC(=O)CCN(CCCCCO)CCC(O)NC. The number of carbonyl (C=O) groups excluding carboxylic acids is 1. The van der Waals surface area contributed by atoms with Gasteiger partial charge in [0.05, 0.1) is 0 Å². The Morgan fingerprint density at radius 3 is 2.47 bits per heavy atom. The summed E-state index contributed by atoms with van der Waals surface area (Å²) in [6.07, 6.45) is 3.43. The summed E-state index contributed by atoms with van der Waals surface area (Å²) in [7, 11) is 3.36. The average molecular weight is 275 g/mol. The van der Waals surface area contributed by atoms with Crippen molar-refractivity contribution in [3.63, 3.8) is 0 Å². The van der Waals surface area contributed by atoms with Crippen molar-refractivity contribution >= 4 is 5.91 Å². The molecule has 0 aliphatic carbocycles. The number of hydrogen-bond donors (Lipinski definition) is 4. The van der Waals surface area contributed by atoms with Crippen LogP contribution in [0.1, 0.15) is 32.1 Å². The first-order valence-electron chi connectivity index (χ1n) is 7.03. The van der Waals surface area contributed by atoms with Crippen molar-refractivity contribution in [3.8, 4) is 0 Å². The number of nitrogens with zero attached hydrogens (tertiary/aromatic N) is 1. The Morgan fingerprint density at radius 1 is 1.16 bits per heavy atom. The highest BCUT2D eigenvalue weighted by molar-refractivity contribution is 5.75. The lowest BCUT2D eigenvalue weighted by atomic mass is 10.2. The Morgan fingerprint density at radius 2 is 1.89 bits per heavy atom. The summed E-state index contributed by atoms with van der Waals surface area (Å²) in [5, 5.41) is 23.6. The first-order valence-corrected chi connectivity index (χ1v) is 7.03. The molecule has 1 atom stereocenters. The maximum absolute atomic E-state index is 11.3. The molecule has 0 saturated carbocycles. The van der Waals surface area contributed by atoms with Crippen molar-refractivity contribution in [2.45, 2.75) is 38.3 Å². The molecule has 0 heterocycles. The van der Waals surface area contributed by atoms with Crippen molar-refractivity contribution in [1.82, 2.24) is 15.5 Å². The number of amides is 1. The van der Waals surface area contributed by atoms with Crippen molar-refractivity contribution in [2.75, 3.05) is 40.3 Å². The average Bonchev–Trinajstić information content (AvgIpc) is 2.44. The summed E-state index contributed by atoms with van der Waals surface area (Å²) in [4.78, 5) is 13.4. The zero-order valence-corrected chi connectivity index (χ0v) is 12.2. The second-order valence-electron chi connectivity index (χ2n) is 4.64. The molecule has 0 aromatic carbocycles. The number of carbonyl (C=O) groups is 1. The van der Waals surface area contributed by atoms with Gasteiger partial charge in [-0.3, -0.25) is 10.1 Å². The van der Waals surface area contributed by atoms with Gasteiger partial charge in [-0.25, -0.2) is 0 Å². The van der Waals surface area contributed by atoms with E-state index in [0.29, 0.717) is 19.4 Å². The second kappa shape index (κ2) is 12.3. The van der Waals surface area contributed by atoms with Crippen LogP contribution in [0.5, 0.6) is 0 Å². The Bertz CT molecular complexity index is 227. The van der Waals surface area contributed by atoms with E-state index in [1.165, 1.54) is 0 Å². The standard InChI is InChI=1S/C13H29N3O3/c1-14-12(18)6-9-16(8-4-3-5-11-17)10-7-13(19)15-2/h12,14,17-18H,3-11H2,1-2H3,(H,15,19). The maximum Gasteiger partial charge on any atom is 0.221 e.